The van der Waals surface area contributed by atoms with Gasteiger partial charge in [-0.25, -0.2) is 4.79 Å². The Labute approximate surface area is 141 Å². The van der Waals surface area contributed by atoms with E-state index >= 15 is 0 Å². The number of hydroxylamine groups is 1. The number of ether oxygens (including phenoxy) is 2. The third-order valence-corrected chi connectivity index (χ3v) is 3.89. The molecule has 0 saturated carbocycles. The molecule has 0 bridgehead atoms. The number of carboxylic acids is 1. The highest BCUT2D eigenvalue weighted by molar-refractivity contribution is 5.75. The molecule has 2 rings (SSSR count). The molecule has 2 heterocycles. The molecule has 1 aliphatic heterocycles. The van der Waals surface area contributed by atoms with Crippen LogP contribution in [-0.4, -0.2) is 41.7 Å². The van der Waals surface area contributed by atoms with Gasteiger partial charge in [-0.1, -0.05) is 13.0 Å². The SMILES string of the molecule is C=C(NOCCCCC1COC(C)(C(=O)O)OC1)c1cccnc1. The van der Waals surface area contributed by atoms with Gasteiger partial charge in [-0.15, -0.1) is 0 Å². The molecule has 1 fully saturated rings. The maximum absolute atomic E-state index is 11.0. The average molecular weight is 336 g/mol. The lowest BCUT2D eigenvalue weighted by Crippen LogP contribution is -2.47. The molecule has 132 valence electrons. The van der Waals surface area contributed by atoms with Gasteiger partial charge >= 0.3 is 5.97 Å². The van der Waals surface area contributed by atoms with Crippen molar-refractivity contribution in [1.82, 2.24) is 10.5 Å². The summed E-state index contributed by atoms with van der Waals surface area (Å²) in [5.74, 6) is -2.37. The van der Waals surface area contributed by atoms with Crippen LogP contribution in [0.15, 0.2) is 31.1 Å². The van der Waals surface area contributed by atoms with Crippen molar-refractivity contribution in [1.29, 1.82) is 0 Å². The molecule has 0 unspecified atom stereocenters. The molecule has 0 spiro atoms. The van der Waals surface area contributed by atoms with Gasteiger partial charge in [0, 0.05) is 30.8 Å². The standard InChI is InChI=1S/C17H24N2O5/c1-13(15-7-5-8-18-10-15)19-24-9-4-3-6-14-11-22-17(2,16(20)21)23-12-14/h5,7-8,10,14,19H,1,3-4,6,9,11-12H2,2H3,(H,20,21). The molecule has 1 aliphatic rings. The Bertz CT molecular complexity index is 541. The zero-order valence-electron chi connectivity index (χ0n) is 13.9. The first-order valence-corrected chi connectivity index (χ1v) is 7.99. The van der Waals surface area contributed by atoms with Crippen molar-refractivity contribution in [3.8, 4) is 0 Å². The molecule has 7 nitrogen and oxygen atoms in total. The van der Waals surface area contributed by atoms with Crippen LogP contribution in [0.4, 0.5) is 0 Å². The second-order valence-electron chi connectivity index (χ2n) is 5.91. The van der Waals surface area contributed by atoms with Crippen LogP contribution in [0.1, 0.15) is 31.7 Å². The molecule has 0 aliphatic carbocycles. The fraction of sp³-hybridized carbons (Fsp3) is 0.529. The summed E-state index contributed by atoms with van der Waals surface area (Å²) in [4.78, 5) is 20.4. The van der Waals surface area contributed by atoms with Gasteiger partial charge in [0.2, 0.25) is 0 Å². The van der Waals surface area contributed by atoms with E-state index in [1.165, 1.54) is 6.92 Å². The van der Waals surface area contributed by atoms with Crippen LogP contribution in [0.3, 0.4) is 0 Å². The number of nitrogens with one attached hydrogen (secondary N) is 1. The maximum Gasteiger partial charge on any atom is 0.364 e. The summed E-state index contributed by atoms with van der Waals surface area (Å²) in [7, 11) is 0. The van der Waals surface area contributed by atoms with Gasteiger partial charge in [-0.05, 0) is 25.0 Å². The quantitative estimate of drug-likeness (QED) is 0.528. The number of hydrogen-bond donors (Lipinski definition) is 2. The van der Waals surface area contributed by atoms with Gasteiger partial charge in [0.05, 0.1) is 25.5 Å². The van der Waals surface area contributed by atoms with E-state index in [2.05, 4.69) is 17.0 Å². The monoisotopic (exact) mass is 336 g/mol. The summed E-state index contributed by atoms with van der Waals surface area (Å²) < 4.78 is 10.6. The number of nitrogens with zero attached hydrogens (tertiary/aromatic N) is 1. The highest BCUT2D eigenvalue weighted by atomic mass is 16.7. The molecule has 1 aromatic heterocycles. The van der Waals surface area contributed by atoms with Crippen LogP contribution in [0.2, 0.25) is 0 Å². The lowest BCUT2D eigenvalue weighted by atomic mass is 10.0. The van der Waals surface area contributed by atoms with Crippen LogP contribution < -0.4 is 5.48 Å². The molecule has 1 saturated heterocycles. The molecule has 7 heteroatoms. The van der Waals surface area contributed by atoms with E-state index in [0.717, 1.165) is 24.8 Å². The fourth-order valence-electron chi connectivity index (χ4n) is 2.28. The molecule has 0 amide bonds. The summed E-state index contributed by atoms with van der Waals surface area (Å²) in [6.45, 7) is 6.68. The van der Waals surface area contributed by atoms with E-state index in [0.29, 0.717) is 25.5 Å². The Morgan fingerprint density at radius 2 is 2.25 bits per heavy atom. The number of aromatic nitrogens is 1. The molecular formula is C17H24N2O5. The van der Waals surface area contributed by atoms with Gasteiger partial charge in [-0.3, -0.25) is 15.3 Å². The third kappa shape index (κ3) is 5.30. The minimum Gasteiger partial charge on any atom is -0.477 e. The van der Waals surface area contributed by atoms with Crippen molar-refractivity contribution < 1.29 is 24.2 Å². The Morgan fingerprint density at radius 3 is 2.88 bits per heavy atom. The largest absolute Gasteiger partial charge is 0.477 e. The second-order valence-corrected chi connectivity index (χ2v) is 5.91. The number of rotatable bonds is 9. The minimum absolute atomic E-state index is 0.218. The number of carboxylic acid groups (broad SMARTS) is 1. The van der Waals surface area contributed by atoms with E-state index in [1.807, 2.05) is 12.1 Å². The average Bonchev–Trinajstić information content (AvgIpc) is 2.60. The van der Waals surface area contributed by atoms with Crippen molar-refractivity contribution in [2.24, 2.45) is 5.92 Å². The molecule has 2 N–H and O–H groups in total. The van der Waals surface area contributed by atoms with Gasteiger partial charge in [-0.2, -0.15) is 0 Å². The number of aliphatic carboxylic acids is 1. The highest BCUT2D eigenvalue weighted by Gasteiger charge is 2.40. The first kappa shape index (κ1) is 18.4. The van der Waals surface area contributed by atoms with E-state index in [4.69, 9.17) is 19.4 Å². The van der Waals surface area contributed by atoms with Crippen LogP contribution in [-0.2, 0) is 19.1 Å². The van der Waals surface area contributed by atoms with Crippen LogP contribution in [0.5, 0.6) is 0 Å². The number of hydrogen-bond acceptors (Lipinski definition) is 6. The van der Waals surface area contributed by atoms with E-state index < -0.39 is 11.8 Å². The molecular weight excluding hydrogens is 312 g/mol. The summed E-state index contributed by atoms with van der Waals surface area (Å²) in [5.41, 5.74) is 4.37. The lowest BCUT2D eigenvalue weighted by molar-refractivity contribution is -0.271. The molecule has 0 aromatic carbocycles. The zero-order valence-corrected chi connectivity index (χ0v) is 13.9. The topological polar surface area (TPSA) is 89.9 Å². The fourth-order valence-corrected chi connectivity index (χ4v) is 2.28. The normalized spacial score (nSPS) is 23.6. The van der Waals surface area contributed by atoms with Crippen molar-refractivity contribution in [3.63, 3.8) is 0 Å². The summed E-state index contributed by atoms with van der Waals surface area (Å²) in [6, 6.07) is 3.74. The molecule has 1 aromatic rings. The summed E-state index contributed by atoms with van der Waals surface area (Å²) >= 11 is 0. The number of unbranched alkanes of at least 4 members (excludes halogenated alkanes) is 1. The maximum atomic E-state index is 11.0. The molecule has 0 radical (unpaired) electrons. The van der Waals surface area contributed by atoms with Crippen molar-refractivity contribution in [2.75, 3.05) is 19.8 Å². The summed E-state index contributed by atoms with van der Waals surface area (Å²) in [5, 5.41) is 9.00. The van der Waals surface area contributed by atoms with Gasteiger partial charge < -0.3 is 14.6 Å². The minimum atomic E-state index is -1.50. The lowest BCUT2D eigenvalue weighted by Gasteiger charge is -2.34. The first-order valence-electron chi connectivity index (χ1n) is 7.99. The molecule has 0 atom stereocenters. The Hall–Kier alpha value is -1.96. The third-order valence-electron chi connectivity index (χ3n) is 3.89. The summed E-state index contributed by atoms with van der Waals surface area (Å²) in [6.07, 6.45) is 6.15. The van der Waals surface area contributed by atoms with Crippen molar-refractivity contribution in [2.45, 2.75) is 32.0 Å². The van der Waals surface area contributed by atoms with Crippen molar-refractivity contribution >= 4 is 11.7 Å². The zero-order chi connectivity index (χ0) is 17.4. The number of pyridine rings is 1. The number of carbonyl (C=O) groups is 1. The Kier molecular flexibility index (Phi) is 6.72. The van der Waals surface area contributed by atoms with Crippen LogP contribution in [0.25, 0.3) is 5.70 Å². The molecule has 24 heavy (non-hydrogen) atoms. The predicted octanol–water partition coefficient (Wildman–Crippen LogP) is 2.21. The van der Waals surface area contributed by atoms with E-state index in [1.54, 1.807) is 12.4 Å². The Balaban J connectivity index is 1.53. The smallest absolute Gasteiger partial charge is 0.364 e. The second kappa shape index (κ2) is 8.77. The van der Waals surface area contributed by atoms with E-state index in [9.17, 15) is 4.79 Å². The van der Waals surface area contributed by atoms with Crippen LogP contribution >= 0.6 is 0 Å². The predicted molar refractivity (Wildman–Crippen MR) is 87.6 cm³/mol. The Morgan fingerprint density at radius 1 is 1.50 bits per heavy atom. The first-order chi connectivity index (χ1) is 11.5. The van der Waals surface area contributed by atoms with Crippen LogP contribution in [0, 0.1) is 5.92 Å². The van der Waals surface area contributed by atoms with Crippen molar-refractivity contribution in [3.05, 3.63) is 36.7 Å². The van der Waals surface area contributed by atoms with Gasteiger partial charge in [0.25, 0.3) is 5.79 Å². The van der Waals surface area contributed by atoms with Gasteiger partial charge in [0.1, 0.15) is 0 Å². The van der Waals surface area contributed by atoms with Gasteiger partial charge in [0.15, 0.2) is 0 Å². The highest BCUT2D eigenvalue weighted by Crippen LogP contribution is 2.24. The van der Waals surface area contributed by atoms with E-state index in [-0.39, 0.29) is 5.92 Å².